The van der Waals surface area contributed by atoms with Crippen molar-refractivity contribution in [2.45, 2.75) is 13.5 Å². The smallest absolute Gasteiger partial charge is 0.167 e. The molecule has 3 aromatic rings. The molecular weight excluding hydrogens is 336 g/mol. The Morgan fingerprint density at radius 1 is 1.04 bits per heavy atom. The lowest BCUT2D eigenvalue weighted by atomic mass is 10.1. The number of rotatable bonds is 6. The number of ether oxygens (including phenoxy) is 1. The van der Waals surface area contributed by atoms with Crippen molar-refractivity contribution >= 4 is 0 Å². The number of hydrogen-bond acceptors (Lipinski definition) is 6. The van der Waals surface area contributed by atoms with E-state index in [0.29, 0.717) is 29.3 Å². The molecule has 0 aliphatic rings. The van der Waals surface area contributed by atoms with Crippen LogP contribution in [0.1, 0.15) is 6.92 Å². The van der Waals surface area contributed by atoms with Gasteiger partial charge in [-0.1, -0.05) is 6.07 Å². The minimum Gasteiger partial charge on any atom is -0.504 e. The van der Waals surface area contributed by atoms with Crippen molar-refractivity contribution in [1.29, 1.82) is 0 Å². The van der Waals surface area contributed by atoms with Crippen LogP contribution in [-0.2, 0) is 6.54 Å². The highest BCUT2D eigenvalue weighted by atomic mass is 16.5. The summed E-state index contributed by atoms with van der Waals surface area (Å²) in [5.41, 5.74) is 2.25. The van der Waals surface area contributed by atoms with Gasteiger partial charge in [0.15, 0.2) is 23.0 Å². The summed E-state index contributed by atoms with van der Waals surface area (Å²) in [5.74, 6) is -0.101. The van der Waals surface area contributed by atoms with Crippen LogP contribution < -0.4 is 4.74 Å². The van der Waals surface area contributed by atoms with E-state index >= 15 is 0 Å². The Morgan fingerprint density at radius 3 is 2.58 bits per heavy atom. The molecule has 0 saturated carbocycles. The molecular formula is C19H20N2O5. The predicted molar refractivity (Wildman–Crippen MR) is 96.3 cm³/mol. The molecule has 0 aliphatic heterocycles. The standard InChI is InChI=1S/C19H20N2O5/c1-2-26-18-10-12(6-7-16(18)23)15-11-14(20-21(15)8-9-22)13-4-3-5-17(24)19(13)25/h3-7,10-11,22-25H,2,8-9H2,1H3. The first-order chi connectivity index (χ1) is 12.5. The van der Waals surface area contributed by atoms with Crippen LogP contribution in [0, 0.1) is 0 Å². The normalized spacial score (nSPS) is 10.8. The van der Waals surface area contributed by atoms with Gasteiger partial charge < -0.3 is 25.2 Å². The summed E-state index contributed by atoms with van der Waals surface area (Å²) in [5, 5.41) is 43.5. The molecule has 0 radical (unpaired) electrons. The third-order valence-corrected chi connectivity index (χ3v) is 3.94. The molecule has 4 N–H and O–H groups in total. The molecule has 136 valence electrons. The molecule has 0 saturated heterocycles. The summed E-state index contributed by atoms with van der Waals surface area (Å²) >= 11 is 0. The van der Waals surface area contributed by atoms with Gasteiger partial charge in [-0.2, -0.15) is 5.10 Å². The second kappa shape index (κ2) is 7.37. The maximum absolute atomic E-state index is 10.1. The van der Waals surface area contributed by atoms with Crippen molar-refractivity contribution < 1.29 is 25.2 Å². The molecule has 7 nitrogen and oxygen atoms in total. The predicted octanol–water partition coefficient (Wildman–Crippen LogP) is 2.72. The lowest BCUT2D eigenvalue weighted by molar-refractivity contribution is 0.270. The number of aromatic hydroxyl groups is 3. The highest BCUT2D eigenvalue weighted by Crippen LogP contribution is 2.38. The molecule has 0 atom stereocenters. The van der Waals surface area contributed by atoms with E-state index in [1.54, 1.807) is 35.0 Å². The van der Waals surface area contributed by atoms with E-state index in [9.17, 15) is 20.4 Å². The molecule has 0 amide bonds. The van der Waals surface area contributed by atoms with Crippen LogP contribution in [0.3, 0.4) is 0 Å². The van der Waals surface area contributed by atoms with Crippen LogP contribution in [0.2, 0.25) is 0 Å². The average Bonchev–Trinajstić information content (AvgIpc) is 3.03. The monoisotopic (exact) mass is 356 g/mol. The number of phenolic OH excluding ortho intramolecular Hbond substituents is 3. The average molecular weight is 356 g/mol. The summed E-state index contributed by atoms with van der Waals surface area (Å²) in [4.78, 5) is 0. The van der Waals surface area contributed by atoms with Crippen LogP contribution in [0.4, 0.5) is 0 Å². The van der Waals surface area contributed by atoms with Gasteiger partial charge in [-0.3, -0.25) is 4.68 Å². The molecule has 2 aromatic carbocycles. The zero-order chi connectivity index (χ0) is 18.7. The van der Waals surface area contributed by atoms with Gasteiger partial charge in [-0.25, -0.2) is 0 Å². The number of benzene rings is 2. The third-order valence-electron chi connectivity index (χ3n) is 3.94. The number of hydrogen-bond donors (Lipinski definition) is 4. The molecule has 0 spiro atoms. The Kier molecular flexibility index (Phi) is 4.99. The molecule has 7 heteroatoms. The van der Waals surface area contributed by atoms with Crippen LogP contribution in [0.5, 0.6) is 23.0 Å². The minimum atomic E-state index is -0.256. The van der Waals surface area contributed by atoms with Crippen molar-refractivity contribution in [2.24, 2.45) is 0 Å². The summed E-state index contributed by atoms with van der Waals surface area (Å²) < 4.78 is 7.02. The van der Waals surface area contributed by atoms with Crippen molar-refractivity contribution in [3.05, 3.63) is 42.5 Å². The Labute approximate surface area is 150 Å². The van der Waals surface area contributed by atoms with E-state index in [-0.39, 0.29) is 30.4 Å². The first-order valence-corrected chi connectivity index (χ1v) is 8.21. The van der Waals surface area contributed by atoms with E-state index in [4.69, 9.17) is 4.74 Å². The zero-order valence-electron chi connectivity index (χ0n) is 14.3. The lowest BCUT2D eigenvalue weighted by Gasteiger charge is -2.09. The number of aliphatic hydroxyl groups excluding tert-OH is 1. The molecule has 26 heavy (non-hydrogen) atoms. The number of aromatic nitrogens is 2. The van der Waals surface area contributed by atoms with Gasteiger partial charge in [-0.05, 0) is 43.3 Å². The number of nitrogens with zero attached hydrogens (tertiary/aromatic N) is 2. The Hall–Kier alpha value is -3.19. The van der Waals surface area contributed by atoms with Gasteiger partial charge in [0, 0.05) is 11.1 Å². The van der Waals surface area contributed by atoms with Gasteiger partial charge in [0.05, 0.1) is 31.1 Å². The Bertz CT molecular complexity index is 920. The van der Waals surface area contributed by atoms with Crippen molar-refractivity contribution in [2.75, 3.05) is 13.2 Å². The fourth-order valence-electron chi connectivity index (χ4n) is 2.73. The number of para-hydroxylation sites is 1. The fraction of sp³-hybridized carbons (Fsp3) is 0.211. The summed E-state index contributed by atoms with van der Waals surface area (Å²) in [7, 11) is 0. The fourth-order valence-corrected chi connectivity index (χ4v) is 2.73. The SMILES string of the molecule is CCOc1cc(-c2cc(-c3cccc(O)c3O)nn2CCO)ccc1O. The summed E-state index contributed by atoms with van der Waals surface area (Å²) in [6.07, 6.45) is 0. The van der Waals surface area contributed by atoms with Crippen LogP contribution in [0.25, 0.3) is 22.5 Å². The van der Waals surface area contributed by atoms with E-state index in [1.165, 1.54) is 12.1 Å². The second-order valence-electron chi connectivity index (χ2n) is 5.65. The van der Waals surface area contributed by atoms with E-state index < -0.39 is 0 Å². The second-order valence-corrected chi connectivity index (χ2v) is 5.65. The minimum absolute atomic E-state index is 0.0367. The van der Waals surface area contributed by atoms with Gasteiger partial charge in [0.25, 0.3) is 0 Å². The maximum atomic E-state index is 10.1. The van der Waals surface area contributed by atoms with Gasteiger partial charge in [0.2, 0.25) is 0 Å². The molecule has 1 heterocycles. The van der Waals surface area contributed by atoms with Gasteiger partial charge >= 0.3 is 0 Å². The quantitative estimate of drug-likeness (QED) is 0.506. The molecule has 0 fully saturated rings. The van der Waals surface area contributed by atoms with E-state index in [1.807, 2.05) is 6.92 Å². The van der Waals surface area contributed by atoms with E-state index in [2.05, 4.69) is 5.10 Å². The third kappa shape index (κ3) is 3.29. The summed E-state index contributed by atoms with van der Waals surface area (Å²) in [6, 6.07) is 11.3. The van der Waals surface area contributed by atoms with E-state index in [0.717, 1.165) is 5.56 Å². The highest BCUT2D eigenvalue weighted by molar-refractivity contribution is 5.75. The Balaban J connectivity index is 2.11. The highest BCUT2D eigenvalue weighted by Gasteiger charge is 2.16. The van der Waals surface area contributed by atoms with Crippen molar-refractivity contribution in [1.82, 2.24) is 9.78 Å². The first-order valence-electron chi connectivity index (χ1n) is 8.21. The molecule has 0 bridgehead atoms. The zero-order valence-corrected chi connectivity index (χ0v) is 14.3. The van der Waals surface area contributed by atoms with Gasteiger partial charge in [0.1, 0.15) is 0 Å². The summed E-state index contributed by atoms with van der Waals surface area (Å²) in [6.45, 7) is 2.37. The molecule has 3 rings (SSSR count). The van der Waals surface area contributed by atoms with Crippen molar-refractivity contribution in [3.63, 3.8) is 0 Å². The van der Waals surface area contributed by atoms with Crippen molar-refractivity contribution in [3.8, 4) is 45.5 Å². The van der Waals surface area contributed by atoms with Crippen LogP contribution in [0.15, 0.2) is 42.5 Å². The van der Waals surface area contributed by atoms with Gasteiger partial charge in [-0.15, -0.1) is 0 Å². The number of phenols is 3. The van der Waals surface area contributed by atoms with Crippen LogP contribution >= 0.6 is 0 Å². The molecule has 0 unspecified atom stereocenters. The molecule has 1 aromatic heterocycles. The maximum Gasteiger partial charge on any atom is 0.167 e. The van der Waals surface area contributed by atoms with Crippen LogP contribution in [-0.4, -0.2) is 43.4 Å². The largest absolute Gasteiger partial charge is 0.504 e. The number of aliphatic hydroxyl groups is 1. The lowest BCUT2D eigenvalue weighted by Crippen LogP contribution is -2.06. The Morgan fingerprint density at radius 2 is 1.85 bits per heavy atom. The first kappa shape index (κ1) is 17.6. The topological polar surface area (TPSA) is 108 Å². The molecule has 0 aliphatic carbocycles.